The molecular formula is C14H28N2OS. The normalized spacial score (nSPS) is 13.9. The third kappa shape index (κ3) is 6.94. The SMILES string of the molecule is CCCCC(CC)CNC(=O)C(CCC)C(N)=S. The highest BCUT2D eigenvalue weighted by molar-refractivity contribution is 7.80. The Labute approximate surface area is 117 Å². The van der Waals surface area contributed by atoms with Crippen LogP contribution in [0.15, 0.2) is 0 Å². The molecule has 3 N–H and O–H groups in total. The molecule has 0 aromatic heterocycles. The first kappa shape index (κ1) is 17.4. The van der Waals surface area contributed by atoms with E-state index in [1.165, 1.54) is 19.3 Å². The van der Waals surface area contributed by atoms with Crippen LogP contribution in [0.3, 0.4) is 0 Å². The lowest BCUT2D eigenvalue weighted by Gasteiger charge is -2.19. The lowest BCUT2D eigenvalue weighted by atomic mass is 9.98. The predicted molar refractivity (Wildman–Crippen MR) is 81.5 cm³/mol. The molecule has 2 atom stereocenters. The second-order valence-electron chi connectivity index (χ2n) is 4.91. The summed E-state index contributed by atoms with van der Waals surface area (Å²) in [4.78, 5) is 12.3. The fourth-order valence-electron chi connectivity index (χ4n) is 2.00. The van der Waals surface area contributed by atoms with E-state index < -0.39 is 0 Å². The molecule has 0 heterocycles. The Morgan fingerprint density at radius 3 is 2.33 bits per heavy atom. The zero-order valence-corrected chi connectivity index (χ0v) is 12.8. The van der Waals surface area contributed by atoms with Crippen LogP contribution in [0.1, 0.15) is 59.3 Å². The zero-order valence-electron chi connectivity index (χ0n) is 12.0. The summed E-state index contributed by atoms with van der Waals surface area (Å²) in [5.74, 6) is 0.274. The number of hydrogen-bond donors (Lipinski definition) is 2. The second kappa shape index (κ2) is 10.3. The highest BCUT2D eigenvalue weighted by Crippen LogP contribution is 2.12. The summed E-state index contributed by atoms with van der Waals surface area (Å²) in [5, 5.41) is 3.00. The Balaban J connectivity index is 4.15. The number of carbonyl (C=O) groups excluding carboxylic acids is 1. The van der Waals surface area contributed by atoms with Crippen LogP contribution in [0, 0.1) is 11.8 Å². The third-order valence-corrected chi connectivity index (χ3v) is 3.63. The molecule has 4 heteroatoms. The molecule has 0 saturated heterocycles. The van der Waals surface area contributed by atoms with E-state index in [-0.39, 0.29) is 11.8 Å². The Morgan fingerprint density at radius 1 is 1.22 bits per heavy atom. The summed E-state index contributed by atoms with van der Waals surface area (Å²) in [7, 11) is 0. The first-order valence-electron chi connectivity index (χ1n) is 7.13. The lowest BCUT2D eigenvalue weighted by Crippen LogP contribution is -2.39. The van der Waals surface area contributed by atoms with E-state index >= 15 is 0 Å². The number of nitrogens with two attached hydrogens (primary N) is 1. The predicted octanol–water partition coefficient (Wildman–Crippen LogP) is 3.02. The van der Waals surface area contributed by atoms with Crippen LogP contribution in [-0.4, -0.2) is 17.4 Å². The van der Waals surface area contributed by atoms with Crippen LogP contribution in [-0.2, 0) is 4.79 Å². The van der Waals surface area contributed by atoms with E-state index in [1.54, 1.807) is 0 Å². The molecule has 0 bridgehead atoms. The van der Waals surface area contributed by atoms with Crippen molar-refractivity contribution in [1.29, 1.82) is 0 Å². The van der Waals surface area contributed by atoms with Crippen LogP contribution in [0.25, 0.3) is 0 Å². The number of nitrogens with one attached hydrogen (secondary N) is 1. The number of hydrogen-bond acceptors (Lipinski definition) is 2. The molecule has 0 aliphatic carbocycles. The highest BCUT2D eigenvalue weighted by atomic mass is 32.1. The molecule has 0 saturated carbocycles. The van der Waals surface area contributed by atoms with Crippen molar-refractivity contribution >= 4 is 23.1 Å². The molecule has 0 fully saturated rings. The first-order valence-corrected chi connectivity index (χ1v) is 7.54. The van der Waals surface area contributed by atoms with E-state index in [4.69, 9.17) is 18.0 Å². The molecule has 0 spiro atoms. The van der Waals surface area contributed by atoms with Crippen LogP contribution in [0.5, 0.6) is 0 Å². The fourth-order valence-corrected chi connectivity index (χ4v) is 2.23. The molecule has 0 aliphatic rings. The van der Waals surface area contributed by atoms with Crippen molar-refractivity contribution in [2.75, 3.05) is 6.54 Å². The van der Waals surface area contributed by atoms with Crippen molar-refractivity contribution in [1.82, 2.24) is 5.32 Å². The topological polar surface area (TPSA) is 55.1 Å². The maximum atomic E-state index is 12.0. The minimum absolute atomic E-state index is 0.000650. The Bertz CT molecular complexity index is 256. The van der Waals surface area contributed by atoms with Crippen molar-refractivity contribution in [3.63, 3.8) is 0 Å². The minimum atomic E-state index is -0.298. The molecule has 106 valence electrons. The first-order chi connectivity index (χ1) is 8.56. The second-order valence-corrected chi connectivity index (χ2v) is 5.38. The molecule has 18 heavy (non-hydrogen) atoms. The van der Waals surface area contributed by atoms with Gasteiger partial charge in [-0.1, -0.05) is 58.7 Å². The van der Waals surface area contributed by atoms with E-state index in [9.17, 15) is 4.79 Å². The van der Waals surface area contributed by atoms with Crippen molar-refractivity contribution in [3.8, 4) is 0 Å². The zero-order chi connectivity index (χ0) is 14.0. The Morgan fingerprint density at radius 2 is 1.89 bits per heavy atom. The van der Waals surface area contributed by atoms with Gasteiger partial charge >= 0.3 is 0 Å². The summed E-state index contributed by atoms with van der Waals surface area (Å²) in [6.45, 7) is 7.14. The van der Waals surface area contributed by atoms with Gasteiger partial charge in [0.25, 0.3) is 0 Å². The van der Waals surface area contributed by atoms with E-state index in [0.717, 1.165) is 25.8 Å². The van der Waals surface area contributed by atoms with Gasteiger partial charge in [-0.25, -0.2) is 0 Å². The van der Waals surface area contributed by atoms with Gasteiger partial charge in [-0.05, 0) is 18.8 Å². The van der Waals surface area contributed by atoms with E-state index in [0.29, 0.717) is 10.9 Å². The average molecular weight is 272 g/mol. The smallest absolute Gasteiger partial charge is 0.229 e. The van der Waals surface area contributed by atoms with E-state index in [1.807, 2.05) is 6.92 Å². The molecule has 0 rings (SSSR count). The number of carbonyl (C=O) groups is 1. The van der Waals surface area contributed by atoms with Crippen molar-refractivity contribution in [2.24, 2.45) is 17.6 Å². The minimum Gasteiger partial charge on any atom is -0.393 e. The summed E-state index contributed by atoms with van der Waals surface area (Å²) in [5.41, 5.74) is 5.61. The van der Waals surface area contributed by atoms with Gasteiger partial charge in [0, 0.05) is 6.54 Å². The monoisotopic (exact) mass is 272 g/mol. The quantitative estimate of drug-likeness (QED) is 0.601. The van der Waals surface area contributed by atoms with Gasteiger partial charge in [-0.2, -0.15) is 0 Å². The maximum absolute atomic E-state index is 12.0. The standard InChI is InChI=1S/C14H28N2OS/c1-4-7-9-11(6-3)10-16-14(17)12(8-5-2)13(15)18/h11-12H,4-10H2,1-3H3,(H2,15,18)(H,16,17). The van der Waals surface area contributed by atoms with Crippen LogP contribution >= 0.6 is 12.2 Å². The molecule has 0 aromatic rings. The third-order valence-electron chi connectivity index (χ3n) is 3.35. The average Bonchev–Trinajstić information content (AvgIpc) is 2.35. The van der Waals surface area contributed by atoms with Gasteiger partial charge in [-0.3, -0.25) is 4.79 Å². The molecule has 0 aromatic carbocycles. The van der Waals surface area contributed by atoms with Crippen LogP contribution in [0.2, 0.25) is 0 Å². The summed E-state index contributed by atoms with van der Waals surface area (Å²) in [6, 6.07) is 0. The van der Waals surface area contributed by atoms with Crippen LogP contribution < -0.4 is 11.1 Å². The van der Waals surface area contributed by atoms with Gasteiger partial charge in [0.05, 0.1) is 10.9 Å². The van der Waals surface area contributed by atoms with Gasteiger partial charge in [0.15, 0.2) is 0 Å². The van der Waals surface area contributed by atoms with Crippen molar-refractivity contribution in [2.45, 2.75) is 59.3 Å². The molecule has 0 radical (unpaired) electrons. The van der Waals surface area contributed by atoms with Gasteiger partial charge < -0.3 is 11.1 Å². The number of thiocarbonyl (C=S) groups is 1. The molecule has 1 amide bonds. The Hall–Kier alpha value is -0.640. The number of amides is 1. The summed E-state index contributed by atoms with van der Waals surface area (Å²) in [6.07, 6.45) is 6.37. The Kier molecular flexibility index (Phi) is 9.93. The van der Waals surface area contributed by atoms with Gasteiger partial charge in [0.2, 0.25) is 5.91 Å². The van der Waals surface area contributed by atoms with Gasteiger partial charge in [-0.15, -0.1) is 0 Å². The summed E-state index contributed by atoms with van der Waals surface area (Å²) >= 11 is 4.95. The lowest BCUT2D eigenvalue weighted by molar-refractivity contribution is -0.123. The molecule has 0 aliphatic heterocycles. The highest BCUT2D eigenvalue weighted by Gasteiger charge is 2.20. The van der Waals surface area contributed by atoms with Crippen molar-refractivity contribution in [3.05, 3.63) is 0 Å². The van der Waals surface area contributed by atoms with Gasteiger partial charge in [0.1, 0.15) is 0 Å². The fraction of sp³-hybridized carbons (Fsp3) is 0.857. The van der Waals surface area contributed by atoms with E-state index in [2.05, 4.69) is 19.2 Å². The van der Waals surface area contributed by atoms with Crippen LogP contribution in [0.4, 0.5) is 0 Å². The van der Waals surface area contributed by atoms with Crippen molar-refractivity contribution < 1.29 is 4.79 Å². The summed E-state index contributed by atoms with van der Waals surface area (Å²) < 4.78 is 0. The molecule has 3 nitrogen and oxygen atoms in total. The maximum Gasteiger partial charge on any atom is 0.229 e. The number of unbranched alkanes of at least 4 members (excludes halogenated alkanes) is 1. The molecular weight excluding hydrogens is 244 g/mol. The number of rotatable bonds is 10. The molecule has 2 unspecified atom stereocenters. The largest absolute Gasteiger partial charge is 0.393 e.